The van der Waals surface area contributed by atoms with E-state index in [0.29, 0.717) is 32.9 Å². The summed E-state index contributed by atoms with van der Waals surface area (Å²) in [7, 11) is 0. The summed E-state index contributed by atoms with van der Waals surface area (Å²) in [4.78, 5) is 0. The number of anilines is 1. The Kier molecular flexibility index (Phi) is 4.55. The second-order valence-corrected chi connectivity index (χ2v) is 5.24. The largest absolute Gasteiger partial charge is 0.380 e. The summed E-state index contributed by atoms with van der Waals surface area (Å²) >= 11 is 17.8. The van der Waals surface area contributed by atoms with Crippen molar-refractivity contribution < 1.29 is 0 Å². The summed E-state index contributed by atoms with van der Waals surface area (Å²) in [5, 5.41) is 13.9. The predicted octanol–water partition coefficient (Wildman–Crippen LogP) is 5.13. The lowest BCUT2D eigenvalue weighted by molar-refractivity contribution is 1.15. The average molecular weight is 312 g/mol. The van der Waals surface area contributed by atoms with Crippen LogP contribution in [0.15, 0.2) is 36.4 Å². The van der Waals surface area contributed by atoms with E-state index in [0.717, 1.165) is 5.56 Å². The van der Waals surface area contributed by atoms with E-state index in [4.69, 9.17) is 40.1 Å². The van der Waals surface area contributed by atoms with Crippen molar-refractivity contribution in [2.24, 2.45) is 0 Å². The first-order valence-electron chi connectivity index (χ1n) is 5.47. The molecule has 5 heteroatoms. The van der Waals surface area contributed by atoms with Crippen LogP contribution in [0.5, 0.6) is 0 Å². The lowest BCUT2D eigenvalue weighted by atomic mass is 10.1. The van der Waals surface area contributed by atoms with Gasteiger partial charge in [-0.25, -0.2) is 0 Å². The maximum atomic E-state index is 9.02. The van der Waals surface area contributed by atoms with Gasteiger partial charge in [0.25, 0.3) is 0 Å². The zero-order valence-corrected chi connectivity index (χ0v) is 12.0. The average Bonchev–Trinajstić information content (AvgIpc) is 2.35. The van der Waals surface area contributed by atoms with Crippen molar-refractivity contribution in [3.05, 3.63) is 62.6 Å². The summed E-state index contributed by atoms with van der Waals surface area (Å²) in [5.41, 5.74) is 2.16. The number of nitrogens with zero attached hydrogens (tertiary/aromatic N) is 1. The number of hydrogen-bond donors (Lipinski definition) is 1. The summed E-state index contributed by atoms with van der Waals surface area (Å²) < 4.78 is 0. The molecule has 0 amide bonds. The molecular weight excluding hydrogens is 303 g/mol. The zero-order chi connectivity index (χ0) is 13.8. The van der Waals surface area contributed by atoms with Gasteiger partial charge in [-0.3, -0.25) is 0 Å². The van der Waals surface area contributed by atoms with Crippen LogP contribution in [0.2, 0.25) is 15.1 Å². The van der Waals surface area contributed by atoms with Crippen LogP contribution in [0, 0.1) is 11.3 Å². The minimum Gasteiger partial charge on any atom is -0.380 e. The van der Waals surface area contributed by atoms with Gasteiger partial charge in [-0.15, -0.1) is 0 Å². The third kappa shape index (κ3) is 3.78. The molecule has 0 aliphatic heterocycles. The van der Waals surface area contributed by atoms with Gasteiger partial charge >= 0.3 is 0 Å². The van der Waals surface area contributed by atoms with E-state index in [1.54, 1.807) is 24.3 Å². The van der Waals surface area contributed by atoms with Crippen molar-refractivity contribution in [2.75, 3.05) is 5.32 Å². The van der Waals surface area contributed by atoms with Gasteiger partial charge in [0.2, 0.25) is 0 Å². The third-order valence-electron chi connectivity index (χ3n) is 2.51. The molecule has 0 saturated carbocycles. The molecule has 96 valence electrons. The summed E-state index contributed by atoms with van der Waals surface area (Å²) in [6, 6.07) is 12.5. The number of halogens is 3. The number of nitrogens with one attached hydrogen (secondary N) is 1. The number of benzene rings is 2. The van der Waals surface area contributed by atoms with Crippen LogP contribution in [0.25, 0.3) is 0 Å². The lowest BCUT2D eigenvalue weighted by Crippen LogP contribution is -2.01. The molecule has 2 nitrogen and oxygen atoms in total. The Labute approximate surface area is 126 Å². The fraction of sp³-hybridized carbons (Fsp3) is 0.0714. The van der Waals surface area contributed by atoms with E-state index in [9.17, 15) is 0 Å². The first-order chi connectivity index (χ1) is 9.08. The van der Waals surface area contributed by atoms with Gasteiger partial charge in [-0.1, -0.05) is 34.8 Å². The molecule has 0 spiro atoms. The fourth-order valence-electron chi connectivity index (χ4n) is 1.67. The van der Waals surface area contributed by atoms with E-state index >= 15 is 0 Å². The highest BCUT2D eigenvalue weighted by Gasteiger charge is 2.04. The van der Waals surface area contributed by atoms with Gasteiger partial charge in [0.05, 0.1) is 11.3 Å². The highest BCUT2D eigenvalue weighted by Crippen LogP contribution is 2.23. The van der Waals surface area contributed by atoms with E-state index in [1.165, 1.54) is 0 Å². The van der Waals surface area contributed by atoms with Crippen molar-refractivity contribution >= 4 is 40.5 Å². The molecule has 0 aliphatic rings. The molecule has 0 saturated heterocycles. The standard InChI is InChI=1S/C14H9Cl3N2/c15-11-2-1-10(7-18)14(6-11)19-8-9-3-12(16)5-13(17)4-9/h1-6,19H,8H2. The molecule has 1 N–H and O–H groups in total. The van der Waals surface area contributed by atoms with Crippen molar-refractivity contribution in [3.8, 4) is 6.07 Å². The summed E-state index contributed by atoms with van der Waals surface area (Å²) in [5.74, 6) is 0. The molecule has 2 rings (SSSR count). The lowest BCUT2D eigenvalue weighted by Gasteiger charge is -2.09. The Bertz CT molecular complexity index is 627. The van der Waals surface area contributed by atoms with Gasteiger partial charge in [0.15, 0.2) is 0 Å². The third-order valence-corrected chi connectivity index (χ3v) is 3.18. The van der Waals surface area contributed by atoms with Crippen molar-refractivity contribution in [3.63, 3.8) is 0 Å². The second-order valence-electron chi connectivity index (χ2n) is 3.93. The summed E-state index contributed by atoms with van der Waals surface area (Å²) in [6.07, 6.45) is 0. The molecule has 0 unspecified atom stereocenters. The van der Waals surface area contributed by atoms with Gasteiger partial charge in [0.1, 0.15) is 6.07 Å². The van der Waals surface area contributed by atoms with Crippen LogP contribution >= 0.6 is 34.8 Å². The van der Waals surface area contributed by atoms with Crippen LogP contribution in [0.4, 0.5) is 5.69 Å². The Morgan fingerprint density at radius 2 is 1.63 bits per heavy atom. The maximum absolute atomic E-state index is 9.02. The summed E-state index contributed by atoms with van der Waals surface area (Å²) in [6.45, 7) is 0.509. The molecule has 0 atom stereocenters. The Hall–Kier alpha value is -1.40. The normalized spacial score (nSPS) is 10.0. The van der Waals surface area contributed by atoms with Crippen LogP contribution in [0.1, 0.15) is 11.1 Å². The fourth-order valence-corrected chi connectivity index (χ4v) is 2.41. The molecule has 0 heterocycles. The molecule has 0 fully saturated rings. The molecule has 0 aromatic heterocycles. The predicted molar refractivity (Wildman–Crippen MR) is 80.0 cm³/mol. The second kappa shape index (κ2) is 6.16. The van der Waals surface area contributed by atoms with Crippen LogP contribution in [-0.2, 0) is 6.54 Å². The van der Waals surface area contributed by atoms with Gasteiger partial charge in [-0.05, 0) is 42.0 Å². The topological polar surface area (TPSA) is 35.8 Å². The highest BCUT2D eigenvalue weighted by atomic mass is 35.5. The Balaban J connectivity index is 2.19. The quantitative estimate of drug-likeness (QED) is 0.853. The first-order valence-corrected chi connectivity index (χ1v) is 6.60. The van der Waals surface area contributed by atoms with E-state index in [-0.39, 0.29) is 0 Å². The molecule has 0 bridgehead atoms. The Morgan fingerprint density at radius 1 is 0.947 bits per heavy atom. The van der Waals surface area contributed by atoms with Gasteiger partial charge in [-0.2, -0.15) is 5.26 Å². The number of nitriles is 1. The minimum atomic E-state index is 0.509. The van der Waals surface area contributed by atoms with Crippen molar-refractivity contribution in [1.82, 2.24) is 0 Å². The van der Waals surface area contributed by atoms with Crippen LogP contribution in [0.3, 0.4) is 0 Å². The number of hydrogen-bond acceptors (Lipinski definition) is 2. The highest BCUT2D eigenvalue weighted by molar-refractivity contribution is 6.34. The van der Waals surface area contributed by atoms with E-state index in [2.05, 4.69) is 11.4 Å². The molecule has 19 heavy (non-hydrogen) atoms. The molecule has 2 aromatic carbocycles. The molecular formula is C14H9Cl3N2. The minimum absolute atomic E-state index is 0.509. The zero-order valence-electron chi connectivity index (χ0n) is 9.75. The van der Waals surface area contributed by atoms with E-state index < -0.39 is 0 Å². The molecule has 0 radical (unpaired) electrons. The monoisotopic (exact) mass is 310 g/mol. The van der Waals surface area contributed by atoms with Crippen LogP contribution < -0.4 is 5.32 Å². The van der Waals surface area contributed by atoms with E-state index in [1.807, 2.05) is 12.1 Å². The van der Waals surface area contributed by atoms with Gasteiger partial charge < -0.3 is 5.32 Å². The smallest absolute Gasteiger partial charge is 0.101 e. The van der Waals surface area contributed by atoms with Crippen LogP contribution in [-0.4, -0.2) is 0 Å². The first kappa shape index (κ1) is 14.0. The van der Waals surface area contributed by atoms with Crippen molar-refractivity contribution in [1.29, 1.82) is 5.26 Å². The van der Waals surface area contributed by atoms with Gasteiger partial charge in [0, 0.05) is 21.6 Å². The number of rotatable bonds is 3. The molecule has 0 aliphatic carbocycles. The Morgan fingerprint density at radius 3 is 2.26 bits per heavy atom. The maximum Gasteiger partial charge on any atom is 0.101 e. The SMILES string of the molecule is N#Cc1ccc(Cl)cc1NCc1cc(Cl)cc(Cl)c1. The molecule has 2 aromatic rings. The van der Waals surface area contributed by atoms with Crippen molar-refractivity contribution in [2.45, 2.75) is 6.54 Å².